The molecule has 3 N–H and O–H groups in total. The maximum Gasteiger partial charge on any atom is 0.416 e. The van der Waals surface area contributed by atoms with E-state index in [2.05, 4.69) is 12.2 Å². The van der Waals surface area contributed by atoms with E-state index in [1.54, 1.807) is 6.07 Å². The Morgan fingerprint density at radius 2 is 2.12 bits per heavy atom. The Balaban J connectivity index is 0.00000288. The largest absolute Gasteiger partial charge is 0.416 e. The summed E-state index contributed by atoms with van der Waals surface area (Å²) in [5.41, 5.74) is 5.57. The fourth-order valence-electron chi connectivity index (χ4n) is 2.81. The second-order valence-electron chi connectivity index (χ2n) is 6.16. The van der Waals surface area contributed by atoms with E-state index < -0.39 is 11.7 Å². The molecule has 0 spiro atoms. The van der Waals surface area contributed by atoms with Crippen LogP contribution in [0.1, 0.15) is 49.7 Å². The van der Waals surface area contributed by atoms with Crippen molar-refractivity contribution in [1.82, 2.24) is 5.32 Å². The third-order valence-electron chi connectivity index (χ3n) is 4.31. The van der Waals surface area contributed by atoms with E-state index in [-0.39, 0.29) is 36.2 Å². The van der Waals surface area contributed by atoms with Crippen LogP contribution in [0, 0.1) is 5.92 Å². The number of amides is 1. The zero-order valence-electron chi connectivity index (χ0n) is 13.6. The fraction of sp³-hybridized carbons (Fsp3) is 0.588. The highest BCUT2D eigenvalue weighted by atomic mass is 35.5. The highest BCUT2D eigenvalue weighted by molar-refractivity contribution is 5.85. The monoisotopic (exact) mass is 364 g/mol. The Labute approximate surface area is 146 Å². The lowest BCUT2D eigenvalue weighted by atomic mass is 10.0. The number of alkyl halides is 3. The number of rotatable bonds is 7. The van der Waals surface area contributed by atoms with E-state index in [9.17, 15) is 18.0 Å². The number of benzene rings is 1. The molecule has 1 fully saturated rings. The molecule has 1 saturated carbocycles. The summed E-state index contributed by atoms with van der Waals surface area (Å²) in [6, 6.07) is 5.20. The Kier molecular flexibility index (Phi) is 7.55. The average molecular weight is 365 g/mol. The molecule has 0 aromatic heterocycles. The van der Waals surface area contributed by atoms with Gasteiger partial charge in [-0.2, -0.15) is 13.2 Å². The molecule has 1 aliphatic carbocycles. The van der Waals surface area contributed by atoms with Crippen molar-refractivity contribution in [3.8, 4) is 0 Å². The quantitative estimate of drug-likeness (QED) is 0.771. The summed E-state index contributed by atoms with van der Waals surface area (Å²) >= 11 is 0. The Bertz CT molecular complexity index is 551. The molecule has 1 amide bonds. The van der Waals surface area contributed by atoms with Crippen LogP contribution in [0.25, 0.3) is 0 Å². The van der Waals surface area contributed by atoms with E-state index >= 15 is 0 Å². The minimum absolute atomic E-state index is 0. The van der Waals surface area contributed by atoms with Gasteiger partial charge in [-0.3, -0.25) is 4.79 Å². The van der Waals surface area contributed by atoms with Gasteiger partial charge in [-0.25, -0.2) is 0 Å². The topological polar surface area (TPSA) is 55.1 Å². The van der Waals surface area contributed by atoms with Gasteiger partial charge >= 0.3 is 6.18 Å². The van der Waals surface area contributed by atoms with Gasteiger partial charge in [0.05, 0.1) is 5.56 Å². The van der Waals surface area contributed by atoms with Crippen LogP contribution in [0.15, 0.2) is 24.3 Å². The van der Waals surface area contributed by atoms with Gasteiger partial charge in [-0.05, 0) is 30.4 Å². The number of nitrogens with one attached hydrogen (secondary N) is 1. The second-order valence-corrected chi connectivity index (χ2v) is 6.16. The van der Waals surface area contributed by atoms with Crippen LogP contribution in [0.4, 0.5) is 13.2 Å². The number of carbonyl (C=O) groups excluding carboxylic acids is 1. The third-order valence-corrected chi connectivity index (χ3v) is 4.31. The van der Waals surface area contributed by atoms with Gasteiger partial charge in [0.25, 0.3) is 0 Å². The third kappa shape index (κ3) is 5.38. The molecular formula is C17H24ClF3N2O. The van der Waals surface area contributed by atoms with Crippen LogP contribution in [0.3, 0.4) is 0 Å². The summed E-state index contributed by atoms with van der Waals surface area (Å²) in [7, 11) is 0. The van der Waals surface area contributed by atoms with E-state index in [4.69, 9.17) is 5.73 Å². The average Bonchev–Trinajstić information content (AvgIpc) is 3.31. The lowest BCUT2D eigenvalue weighted by molar-refractivity contribution is -0.137. The number of hydrogen-bond donors (Lipinski definition) is 2. The maximum atomic E-state index is 12.8. The first-order valence-corrected chi connectivity index (χ1v) is 8.04. The predicted octanol–water partition coefficient (Wildman–Crippen LogP) is 3.86. The van der Waals surface area contributed by atoms with Crippen molar-refractivity contribution in [2.24, 2.45) is 11.7 Å². The molecule has 7 heteroatoms. The molecule has 1 aliphatic rings. The molecule has 0 radical (unpaired) electrons. The molecule has 0 aliphatic heterocycles. The van der Waals surface area contributed by atoms with Crippen LogP contribution in [-0.2, 0) is 11.0 Å². The highest BCUT2D eigenvalue weighted by Gasteiger charge is 2.45. The molecule has 3 atom stereocenters. The summed E-state index contributed by atoms with van der Waals surface area (Å²) in [5.74, 6) is -0.463. The highest BCUT2D eigenvalue weighted by Crippen LogP contribution is 2.48. The van der Waals surface area contributed by atoms with Gasteiger partial charge in [-0.15, -0.1) is 12.4 Å². The van der Waals surface area contributed by atoms with Gasteiger partial charge in [0.1, 0.15) is 0 Å². The molecule has 1 aromatic rings. The van der Waals surface area contributed by atoms with Crippen molar-refractivity contribution in [3.05, 3.63) is 35.4 Å². The SMILES string of the molecule is CCCCC(CN)NC(=O)C1CC1c1cccc(C(F)(F)F)c1.Cl. The van der Waals surface area contributed by atoms with Crippen LogP contribution in [-0.4, -0.2) is 18.5 Å². The van der Waals surface area contributed by atoms with E-state index in [0.29, 0.717) is 18.5 Å². The Morgan fingerprint density at radius 3 is 2.71 bits per heavy atom. The molecule has 0 heterocycles. The van der Waals surface area contributed by atoms with E-state index in [1.165, 1.54) is 6.07 Å². The zero-order valence-corrected chi connectivity index (χ0v) is 14.4. The molecule has 0 bridgehead atoms. The summed E-state index contributed by atoms with van der Waals surface area (Å²) < 4.78 is 38.3. The van der Waals surface area contributed by atoms with Crippen molar-refractivity contribution in [2.45, 2.75) is 50.7 Å². The maximum absolute atomic E-state index is 12.8. The summed E-state index contributed by atoms with van der Waals surface area (Å²) in [6.45, 7) is 2.45. The molecule has 1 aromatic carbocycles. The summed E-state index contributed by atoms with van der Waals surface area (Å²) in [4.78, 5) is 12.2. The van der Waals surface area contributed by atoms with Crippen LogP contribution in [0.5, 0.6) is 0 Å². The number of hydrogen-bond acceptors (Lipinski definition) is 2. The van der Waals surface area contributed by atoms with Gasteiger partial charge < -0.3 is 11.1 Å². The second kappa shape index (κ2) is 8.72. The number of nitrogens with two attached hydrogens (primary N) is 1. The van der Waals surface area contributed by atoms with Crippen LogP contribution in [0.2, 0.25) is 0 Å². The van der Waals surface area contributed by atoms with Gasteiger partial charge in [-0.1, -0.05) is 38.0 Å². The van der Waals surface area contributed by atoms with Crippen molar-refractivity contribution < 1.29 is 18.0 Å². The molecule has 0 saturated heterocycles. The normalized spacial score (nSPS) is 20.9. The smallest absolute Gasteiger partial charge is 0.352 e. The van der Waals surface area contributed by atoms with Crippen molar-refractivity contribution >= 4 is 18.3 Å². The molecular weight excluding hydrogens is 341 g/mol. The van der Waals surface area contributed by atoms with Gasteiger partial charge in [0, 0.05) is 18.5 Å². The van der Waals surface area contributed by atoms with Crippen LogP contribution < -0.4 is 11.1 Å². The van der Waals surface area contributed by atoms with Crippen LogP contribution >= 0.6 is 12.4 Å². The summed E-state index contributed by atoms with van der Waals surface area (Å²) in [5, 5.41) is 2.92. The Morgan fingerprint density at radius 1 is 1.42 bits per heavy atom. The fourth-order valence-corrected chi connectivity index (χ4v) is 2.81. The first-order chi connectivity index (χ1) is 10.9. The van der Waals surface area contributed by atoms with Gasteiger partial charge in [0.2, 0.25) is 5.91 Å². The van der Waals surface area contributed by atoms with Crippen molar-refractivity contribution in [1.29, 1.82) is 0 Å². The minimum Gasteiger partial charge on any atom is -0.352 e. The zero-order chi connectivity index (χ0) is 17.0. The van der Waals surface area contributed by atoms with E-state index in [1.807, 2.05) is 0 Å². The molecule has 2 rings (SSSR count). The predicted molar refractivity (Wildman–Crippen MR) is 90.1 cm³/mol. The Hall–Kier alpha value is -1.27. The molecule has 136 valence electrons. The lowest BCUT2D eigenvalue weighted by Gasteiger charge is -2.16. The molecule has 24 heavy (non-hydrogen) atoms. The van der Waals surface area contributed by atoms with Gasteiger partial charge in [0.15, 0.2) is 0 Å². The van der Waals surface area contributed by atoms with E-state index in [0.717, 1.165) is 31.4 Å². The lowest BCUT2D eigenvalue weighted by Crippen LogP contribution is -2.41. The number of halogens is 4. The first kappa shape index (κ1) is 20.8. The minimum atomic E-state index is -4.35. The van der Waals surface area contributed by atoms with Crippen molar-refractivity contribution in [3.63, 3.8) is 0 Å². The standard InChI is InChI=1S/C17H23F3N2O.ClH/c1-2-3-7-13(10-21)22-16(23)15-9-14(15)11-5-4-6-12(8-11)17(18,19)20;/h4-6,8,13-15H,2-3,7,9-10,21H2,1H3,(H,22,23);1H. The summed E-state index contributed by atoms with van der Waals surface area (Å²) in [6.07, 6.45) is -0.905. The molecule has 3 nitrogen and oxygen atoms in total. The number of unbranched alkanes of at least 4 members (excludes halogenated alkanes) is 1. The molecule has 3 unspecified atom stereocenters. The first-order valence-electron chi connectivity index (χ1n) is 8.04. The van der Waals surface area contributed by atoms with Crippen molar-refractivity contribution in [2.75, 3.05) is 6.54 Å². The number of carbonyl (C=O) groups is 1.